The minimum atomic E-state index is 0.469. The van der Waals surface area contributed by atoms with Gasteiger partial charge in [-0.1, -0.05) is 32.0 Å². The third kappa shape index (κ3) is 3.31. The van der Waals surface area contributed by atoms with Crippen LogP contribution in [-0.2, 0) is 11.2 Å². The minimum absolute atomic E-state index is 0.469. The first-order valence-electron chi connectivity index (χ1n) is 8.48. The summed E-state index contributed by atoms with van der Waals surface area (Å²) in [7, 11) is 0. The lowest BCUT2D eigenvalue weighted by atomic mass is 9.92. The average Bonchev–Trinajstić information content (AvgIpc) is 3.00. The van der Waals surface area contributed by atoms with Gasteiger partial charge in [0.2, 0.25) is 0 Å². The maximum atomic E-state index is 5.77. The highest BCUT2D eigenvalue weighted by Gasteiger charge is 2.29. The molecule has 3 nitrogen and oxygen atoms in total. The molecule has 118 valence electrons. The predicted octanol–water partition coefficient (Wildman–Crippen LogP) is 3.57. The lowest BCUT2D eigenvalue weighted by molar-refractivity contribution is 0.181. The van der Waals surface area contributed by atoms with Crippen molar-refractivity contribution in [1.29, 1.82) is 0 Å². The summed E-state index contributed by atoms with van der Waals surface area (Å²) in [6.45, 7) is 6.20. The predicted molar refractivity (Wildman–Crippen MR) is 91.0 cm³/mol. The van der Waals surface area contributed by atoms with Gasteiger partial charge >= 0.3 is 0 Å². The van der Waals surface area contributed by atoms with Crippen LogP contribution in [0.3, 0.4) is 0 Å². The molecule has 1 aliphatic heterocycles. The number of ether oxygens (including phenoxy) is 1. The highest BCUT2D eigenvalue weighted by Crippen LogP contribution is 2.24. The fraction of sp³-hybridized carbons (Fsp3) is 0.526. The molecule has 0 bridgehead atoms. The van der Waals surface area contributed by atoms with E-state index in [1.165, 1.54) is 23.8 Å². The van der Waals surface area contributed by atoms with Crippen molar-refractivity contribution in [3.63, 3.8) is 0 Å². The van der Waals surface area contributed by atoms with Crippen LogP contribution < -0.4 is 5.32 Å². The van der Waals surface area contributed by atoms with Gasteiger partial charge in [0.25, 0.3) is 0 Å². The van der Waals surface area contributed by atoms with Gasteiger partial charge in [-0.25, -0.2) is 0 Å². The average molecular weight is 298 g/mol. The zero-order chi connectivity index (χ0) is 15.4. The molecule has 0 aliphatic carbocycles. The molecule has 1 aromatic heterocycles. The smallest absolute Gasteiger partial charge is 0.0704 e. The quantitative estimate of drug-likeness (QED) is 0.885. The van der Waals surface area contributed by atoms with Crippen LogP contribution >= 0.6 is 0 Å². The molecular formula is C19H26N2O. The number of para-hydroxylation sites is 1. The molecule has 0 unspecified atom stereocenters. The van der Waals surface area contributed by atoms with Crippen LogP contribution in [-0.4, -0.2) is 30.3 Å². The van der Waals surface area contributed by atoms with E-state index in [1.807, 2.05) is 6.20 Å². The third-order valence-corrected chi connectivity index (χ3v) is 4.86. The van der Waals surface area contributed by atoms with E-state index in [0.29, 0.717) is 18.0 Å². The second-order valence-corrected chi connectivity index (χ2v) is 6.28. The number of hydrogen-bond acceptors (Lipinski definition) is 3. The second kappa shape index (κ2) is 7.21. The summed E-state index contributed by atoms with van der Waals surface area (Å²) < 4.78 is 5.77. The minimum Gasteiger partial charge on any atom is -0.379 e. The summed E-state index contributed by atoms with van der Waals surface area (Å²) in [6, 6.07) is 11.6. The second-order valence-electron chi connectivity index (χ2n) is 6.28. The van der Waals surface area contributed by atoms with Crippen LogP contribution in [0.25, 0.3) is 10.9 Å². The SMILES string of the molecule is CCC(CC)N[C@H]1COC[C@H]1Cc1ccnc2ccccc12. The van der Waals surface area contributed by atoms with Crippen molar-refractivity contribution in [2.75, 3.05) is 13.2 Å². The van der Waals surface area contributed by atoms with E-state index in [1.54, 1.807) is 0 Å². The Bertz CT molecular complexity index is 604. The van der Waals surface area contributed by atoms with Crippen molar-refractivity contribution in [3.8, 4) is 0 Å². The topological polar surface area (TPSA) is 34.1 Å². The van der Waals surface area contributed by atoms with Gasteiger partial charge < -0.3 is 10.1 Å². The van der Waals surface area contributed by atoms with Crippen molar-refractivity contribution < 1.29 is 4.74 Å². The van der Waals surface area contributed by atoms with Crippen molar-refractivity contribution in [2.24, 2.45) is 5.92 Å². The van der Waals surface area contributed by atoms with E-state index in [9.17, 15) is 0 Å². The number of fused-ring (bicyclic) bond motifs is 1. The Hall–Kier alpha value is -1.45. The highest BCUT2D eigenvalue weighted by molar-refractivity contribution is 5.81. The molecule has 1 fully saturated rings. The van der Waals surface area contributed by atoms with Crippen LogP contribution in [0.1, 0.15) is 32.3 Å². The lowest BCUT2D eigenvalue weighted by Crippen LogP contribution is -2.42. The Labute approximate surface area is 133 Å². The van der Waals surface area contributed by atoms with Gasteiger partial charge in [0, 0.05) is 29.6 Å². The number of hydrogen-bond donors (Lipinski definition) is 1. The van der Waals surface area contributed by atoms with Gasteiger partial charge in [-0.05, 0) is 37.0 Å². The molecule has 1 N–H and O–H groups in total. The third-order valence-electron chi connectivity index (χ3n) is 4.86. The number of benzene rings is 1. The Morgan fingerprint density at radius 1 is 1.18 bits per heavy atom. The highest BCUT2D eigenvalue weighted by atomic mass is 16.5. The van der Waals surface area contributed by atoms with Crippen molar-refractivity contribution in [1.82, 2.24) is 10.3 Å². The number of nitrogens with one attached hydrogen (secondary N) is 1. The number of nitrogens with zero attached hydrogens (tertiary/aromatic N) is 1. The van der Waals surface area contributed by atoms with Crippen LogP contribution in [0.5, 0.6) is 0 Å². The zero-order valence-electron chi connectivity index (χ0n) is 13.6. The summed E-state index contributed by atoms with van der Waals surface area (Å²) in [4.78, 5) is 4.46. The maximum Gasteiger partial charge on any atom is 0.0704 e. The molecule has 2 aromatic rings. The molecule has 2 atom stereocenters. The van der Waals surface area contributed by atoms with E-state index in [2.05, 4.69) is 54.5 Å². The maximum absolute atomic E-state index is 5.77. The number of rotatable bonds is 6. The first-order chi connectivity index (χ1) is 10.8. The molecular weight excluding hydrogens is 272 g/mol. The van der Waals surface area contributed by atoms with E-state index >= 15 is 0 Å². The molecule has 1 aliphatic rings. The number of aromatic nitrogens is 1. The van der Waals surface area contributed by atoms with Gasteiger partial charge in [-0.15, -0.1) is 0 Å². The largest absolute Gasteiger partial charge is 0.379 e. The molecule has 3 rings (SSSR count). The Morgan fingerprint density at radius 3 is 2.82 bits per heavy atom. The van der Waals surface area contributed by atoms with Gasteiger partial charge in [-0.3, -0.25) is 4.98 Å². The molecule has 3 heteroatoms. The fourth-order valence-electron chi connectivity index (χ4n) is 3.43. The van der Waals surface area contributed by atoms with Crippen molar-refractivity contribution in [2.45, 2.75) is 45.2 Å². The molecule has 1 saturated heterocycles. The monoisotopic (exact) mass is 298 g/mol. The summed E-state index contributed by atoms with van der Waals surface area (Å²) in [5.41, 5.74) is 2.47. The van der Waals surface area contributed by atoms with Crippen molar-refractivity contribution in [3.05, 3.63) is 42.1 Å². The number of pyridine rings is 1. The molecule has 0 spiro atoms. The van der Waals surface area contributed by atoms with Crippen LogP contribution in [0.15, 0.2) is 36.5 Å². The summed E-state index contributed by atoms with van der Waals surface area (Å²) >= 11 is 0. The van der Waals surface area contributed by atoms with E-state index in [-0.39, 0.29) is 0 Å². The lowest BCUT2D eigenvalue weighted by Gasteiger charge is -2.24. The normalized spacial score (nSPS) is 21.8. The van der Waals surface area contributed by atoms with E-state index in [0.717, 1.165) is 25.2 Å². The standard InChI is InChI=1S/C19H26N2O/c1-3-16(4-2)21-19-13-22-12-15(19)11-14-9-10-20-18-8-6-5-7-17(14)18/h5-10,15-16,19,21H,3-4,11-13H2,1-2H3/t15-,19+/m1/s1. The first-order valence-corrected chi connectivity index (χ1v) is 8.48. The Kier molecular flexibility index (Phi) is 5.06. The van der Waals surface area contributed by atoms with Crippen molar-refractivity contribution >= 4 is 10.9 Å². The Balaban J connectivity index is 1.76. The molecule has 2 heterocycles. The molecule has 1 aromatic carbocycles. The van der Waals surface area contributed by atoms with E-state index in [4.69, 9.17) is 4.74 Å². The van der Waals surface area contributed by atoms with E-state index < -0.39 is 0 Å². The molecule has 22 heavy (non-hydrogen) atoms. The fourth-order valence-corrected chi connectivity index (χ4v) is 3.43. The first kappa shape index (κ1) is 15.4. The van der Waals surface area contributed by atoms with Crippen LogP contribution in [0, 0.1) is 5.92 Å². The summed E-state index contributed by atoms with van der Waals surface area (Å²) in [6.07, 6.45) is 5.34. The molecule has 0 amide bonds. The molecule has 0 saturated carbocycles. The summed E-state index contributed by atoms with van der Waals surface area (Å²) in [5, 5.41) is 5.07. The van der Waals surface area contributed by atoms with Gasteiger partial charge in [0.05, 0.1) is 18.7 Å². The summed E-state index contributed by atoms with van der Waals surface area (Å²) in [5.74, 6) is 0.548. The zero-order valence-corrected chi connectivity index (χ0v) is 13.6. The Morgan fingerprint density at radius 2 is 2.00 bits per heavy atom. The van der Waals surface area contributed by atoms with Gasteiger partial charge in [0.15, 0.2) is 0 Å². The molecule has 0 radical (unpaired) electrons. The van der Waals surface area contributed by atoms with Gasteiger partial charge in [0.1, 0.15) is 0 Å². The van der Waals surface area contributed by atoms with Crippen LogP contribution in [0.2, 0.25) is 0 Å². The van der Waals surface area contributed by atoms with Gasteiger partial charge in [-0.2, -0.15) is 0 Å². The van der Waals surface area contributed by atoms with Crippen LogP contribution in [0.4, 0.5) is 0 Å².